The zero-order valence-corrected chi connectivity index (χ0v) is 12.5. The Hall–Kier alpha value is -1.16. The third-order valence-corrected chi connectivity index (χ3v) is 4.69. The van der Waals surface area contributed by atoms with Crippen molar-refractivity contribution in [1.29, 1.82) is 0 Å². The van der Waals surface area contributed by atoms with E-state index in [0.717, 1.165) is 30.9 Å². The lowest BCUT2D eigenvalue weighted by Crippen LogP contribution is -2.25. The minimum atomic E-state index is -0.00701. The fourth-order valence-corrected chi connectivity index (χ4v) is 3.02. The van der Waals surface area contributed by atoms with E-state index in [-0.39, 0.29) is 5.56 Å². The molecule has 20 heavy (non-hydrogen) atoms. The van der Waals surface area contributed by atoms with E-state index in [4.69, 9.17) is 0 Å². The lowest BCUT2D eigenvalue weighted by Gasteiger charge is -2.33. The molecule has 2 fully saturated rings. The molecule has 0 radical (unpaired) electrons. The van der Waals surface area contributed by atoms with Gasteiger partial charge < -0.3 is 10.3 Å². The van der Waals surface area contributed by atoms with Crippen LogP contribution in [0.25, 0.3) is 0 Å². The largest absolute Gasteiger partial charge is 0.310 e. The Morgan fingerprint density at radius 2 is 2.00 bits per heavy atom. The maximum atomic E-state index is 11.8. The number of aromatic nitrogens is 2. The third kappa shape index (κ3) is 3.48. The van der Waals surface area contributed by atoms with Crippen LogP contribution < -0.4 is 10.9 Å². The van der Waals surface area contributed by atoms with Crippen LogP contribution in [0.5, 0.6) is 0 Å². The Labute approximate surface area is 120 Å². The summed E-state index contributed by atoms with van der Waals surface area (Å²) in [5.41, 5.74) is 1.33. The predicted octanol–water partition coefficient (Wildman–Crippen LogP) is 2.71. The molecule has 1 heterocycles. The summed E-state index contributed by atoms with van der Waals surface area (Å²) >= 11 is 0. The van der Waals surface area contributed by atoms with E-state index in [0.29, 0.717) is 17.4 Å². The van der Waals surface area contributed by atoms with Gasteiger partial charge in [0.25, 0.3) is 5.56 Å². The van der Waals surface area contributed by atoms with E-state index >= 15 is 0 Å². The van der Waals surface area contributed by atoms with Gasteiger partial charge in [0.1, 0.15) is 5.82 Å². The molecular formula is C16H25N3O. The molecule has 0 bridgehead atoms. The highest BCUT2D eigenvalue weighted by Crippen LogP contribution is 2.41. The van der Waals surface area contributed by atoms with Crippen molar-refractivity contribution in [1.82, 2.24) is 15.3 Å². The highest BCUT2D eigenvalue weighted by atomic mass is 16.1. The Morgan fingerprint density at radius 1 is 1.30 bits per heavy atom. The second-order valence-electron chi connectivity index (χ2n) is 7.22. The Bertz CT molecular complexity index is 521. The SMILES string of the molecule is CC1(C)CCC(c2nc(CNC3CC3)cc(=O)[nH]2)CC1. The van der Waals surface area contributed by atoms with Crippen molar-refractivity contribution in [2.24, 2.45) is 5.41 Å². The van der Waals surface area contributed by atoms with E-state index in [9.17, 15) is 4.79 Å². The third-order valence-electron chi connectivity index (χ3n) is 4.69. The molecule has 0 aromatic carbocycles. The fraction of sp³-hybridized carbons (Fsp3) is 0.750. The number of H-pyrrole nitrogens is 1. The highest BCUT2D eigenvalue weighted by molar-refractivity contribution is 5.08. The van der Waals surface area contributed by atoms with Gasteiger partial charge in [-0.25, -0.2) is 4.98 Å². The quantitative estimate of drug-likeness (QED) is 0.888. The van der Waals surface area contributed by atoms with Crippen molar-refractivity contribution in [3.05, 3.63) is 27.9 Å². The van der Waals surface area contributed by atoms with E-state index in [1.54, 1.807) is 6.07 Å². The van der Waals surface area contributed by atoms with Crippen LogP contribution in [0.4, 0.5) is 0 Å². The highest BCUT2D eigenvalue weighted by Gasteiger charge is 2.29. The van der Waals surface area contributed by atoms with Gasteiger partial charge in [-0.2, -0.15) is 0 Å². The number of rotatable bonds is 4. The van der Waals surface area contributed by atoms with Crippen molar-refractivity contribution in [2.45, 2.75) is 70.9 Å². The minimum Gasteiger partial charge on any atom is -0.310 e. The van der Waals surface area contributed by atoms with Gasteiger partial charge in [-0.1, -0.05) is 13.8 Å². The van der Waals surface area contributed by atoms with Crippen LogP contribution in [0.3, 0.4) is 0 Å². The molecule has 2 saturated carbocycles. The van der Waals surface area contributed by atoms with Crippen LogP contribution in [0.2, 0.25) is 0 Å². The van der Waals surface area contributed by atoms with Gasteiger partial charge >= 0.3 is 0 Å². The lowest BCUT2D eigenvalue weighted by molar-refractivity contribution is 0.220. The molecule has 2 aliphatic carbocycles. The van der Waals surface area contributed by atoms with Crippen LogP contribution in [-0.4, -0.2) is 16.0 Å². The first kappa shape index (κ1) is 13.8. The average Bonchev–Trinajstić information content (AvgIpc) is 3.19. The zero-order valence-electron chi connectivity index (χ0n) is 12.5. The second kappa shape index (κ2) is 5.32. The molecule has 2 aliphatic rings. The monoisotopic (exact) mass is 275 g/mol. The van der Waals surface area contributed by atoms with Crippen LogP contribution in [0.1, 0.15) is 69.8 Å². The van der Waals surface area contributed by atoms with Crippen molar-refractivity contribution in [3.8, 4) is 0 Å². The predicted molar refractivity (Wildman–Crippen MR) is 79.7 cm³/mol. The van der Waals surface area contributed by atoms with Crippen LogP contribution in [-0.2, 0) is 6.54 Å². The molecule has 0 saturated heterocycles. The molecule has 3 rings (SSSR count). The summed E-state index contributed by atoms with van der Waals surface area (Å²) in [4.78, 5) is 19.5. The molecular weight excluding hydrogens is 250 g/mol. The number of aromatic amines is 1. The summed E-state index contributed by atoms with van der Waals surface area (Å²) in [6.45, 7) is 5.38. The number of nitrogens with zero attached hydrogens (tertiary/aromatic N) is 1. The molecule has 4 heteroatoms. The number of nitrogens with one attached hydrogen (secondary N) is 2. The summed E-state index contributed by atoms with van der Waals surface area (Å²) in [5.74, 6) is 1.33. The number of hydrogen-bond acceptors (Lipinski definition) is 3. The van der Waals surface area contributed by atoms with Gasteiger partial charge in [0.15, 0.2) is 0 Å². The zero-order chi connectivity index (χ0) is 14.2. The summed E-state index contributed by atoms with van der Waals surface area (Å²) in [6.07, 6.45) is 7.21. The molecule has 0 unspecified atom stereocenters. The van der Waals surface area contributed by atoms with Crippen LogP contribution in [0.15, 0.2) is 10.9 Å². The molecule has 1 aromatic rings. The van der Waals surface area contributed by atoms with E-state index in [1.807, 2.05) is 0 Å². The molecule has 0 atom stereocenters. The fourth-order valence-electron chi connectivity index (χ4n) is 3.02. The molecule has 0 aliphatic heterocycles. The Balaban J connectivity index is 1.70. The van der Waals surface area contributed by atoms with Gasteiger partial charge in [-0.15, -0.1) is 0 Å². The number of hydrogen-bond donors (Lipinski definition) is 2. The molecule has 1 aromatic heterocycles. The van der Waals surface area contributed by atoms with Gasteiger partial charge in [0.2, 0.25) is 0 Å². The van der Waals surface area contributed by atoms with E-state index in [2.05, 4.69) is 29.1 Å². The first-order valence-electron chi connectivity index (χ1n) is 7.85. The minimum absolute atomic E-state index is 0.00701. The van der Waals surface area contributed by atoms with Crippen molar-refractivity contribution >= 4 is 0 Å². The van der Waals surface area contributed by atoms with Crippen molar-refractivity contribution in [3.63, 3.8) is 0 Å². The molecule has 4 nitrogen and oxygen atoms in total. The average molecular weight is 275 g/mol. The summed E-state index contributed by atoms with van der Waals surface area (Å²) < 4.78 is 0. The molecule has 110 valence electrons. The normalized spacial score (nSPS) is 22.9. The van der Waals surface area contributed by atoms with Crippen LogP contribution in [0, 0.1) is 5.41 Å². The van der Waals surface area contributed by atoms with E-state index in [1.165, 1.54) is 25.7 Å². The van der Waals surface area contributed by atoms with Crippen LogP contribution >= 0.6 is 0 Å². The van der Waals surface area contributed by atoms with Crippen molar-refractivity contribution < 1.29 is 0 Å². The lowest BCUT2D eigenvalue weighted by atomic mass is 9.73. The maximum Gasteiger partial charge on any atom is 0.251 e. The van der Waals surface area contributed by atoms with Gasteiger partial charge in [-0.3, -0.25) is 4.79 Å². The Morgan fingerprint density at radius 3 is 2.65 bits per heavy atom. The summed E-state index contributed by atoms with van der Waals surface area (Å²) in [5, 5.41) is 3.43. The maximum absolute atomic E-state index is 11.8. The Kier molecular flexibility index (Phi) is 3.67. The summed E-state index contributed by atoms with van der Waals surface area (Å²) in [6, 6.07) is 2.28. The second-order valence-corrected chi connectivity index (χ2v) is 7.22. The molecule has 0 amide bonds. The molecule has 0 spiro atoms. The van der Waals surface area contributed by atoms with E-state index < -0.39 is 0 Å². The standard InChI is InChI=1S/C16H25N3O/c1-16(2)7-5-11(6-8-16)15-18-13(9-14(20)19-15)10-17-12-3-4-12/h9,11-12,17H,3-8,10H2,1-2H3,(H,18,19,20). The summed E-state index contributed by atoms with van der Waals surface area (Å²) in [7, 11) is 0. The van der Waals surface area contributed by atoms with Gasteiger partial charge in [0, 0.05) is 24.6 Å². The molecule has 2 N–H and O–H groups in total. The van der Waals surface area contributed by atoms with Gasteiger partial charge in [-0.05, 0) is 43.9 Å². The smallest absolute Gasteiger partial charge is 0.251 e. The first-order chi connectivity index (χ1) is 9.52. The van der Waals surface area contributed by atoms with Crippen molar-refractivity contribution in [2.75, 3.05) is 0 Å². The topological polar surface area (TPSA) is 57.8 Å². The van der Waals surface area contributed by atoms with Gasteiger partial charge in [0.05, 0.1) is 5.69 Å². The first-order valence-corrected chi connectivity index (χ1v) is 7.85.